The highest BCUT2D eigenvalue weighted by molar-refractivity contribution is 5.59. The fourth-order valence-corrected chi connectivity index (χ4v) is 2.12. The first kappa shape index (κ1) is 9.26. The highest BCUT2D eigenvalue weighted by atomic mass is 14.2. The molecule has 14 heavy (non-hydrogen) atoms. The van der Waals surface area contributed by atoms with Gasteiger partial charge in [-0.25, -0.2) is 0 Å². The highest BCUT2D eigenvalue weighted by Gasteiger charge is 2.16. The van der Waals surface area contributed by atoms with Gasteiger partial charge in [0.25, 0.3) is 0 Å². The molecule has 0 heteroatoms. The SMILES string of the molecule is C=CCC1Cc2ccccc2C=C1C. The number of rotatable bonds is 2. The van der Waals surface area contributed by atoms with Crippen molar-refractivity contribution in [2.45, 2.75) is 19.8 Å². The Hall–Kier alpha value is -1.30. The van der Waals surface area contributed by atoms with Crippen LogP contribution >= 0.6 is 0 Å². The van der Waals surface area contributed by atoms with E-state index in [1.807, 2.05) is 6.08 Å². The van der Waals surface area contributed by atoms with Gasteiger partial charge in [-0.15, -0.1) is 6.58 Å². The maximum absolute atomic E-state index is 3.82. The third-order valence-corrected chi connectivity index (χ3v) is 3.00. The van der Waals surface area contributed by atoms with Crippen molar-refractivity contribution in [3.8, 4) is 0 Å². The molecule has 0 radical (unpaired) electrons. The molecular weight excluding hydrogens is 168 g/mol. The smallest absolute Gasteiger partial charge is 0.0127 e. The number of benzene rings is 1. The fourth-order valence-electron chi connectivity index (χ4n) is 2.12. The summed E-state index contributed by atoms with van der Waals surface area (Å²) in [4.78, 5) is 0. The van der Waals surface area contributed by atoms with Crippen molar-refractivity contribution in [2.75, 3.05) is 0 Å². The van der Waals surface area contributed by atoms with Crippen LogP contribution in [-0.4, -0.2) is 0 Å². The van der Waals surface area contributed by atoms with E-state index in [9.17, 15) is 0 Å². The Kier molecular flexibility index (Phi) is 2.53. The van der Waals surface area contributed by atoms with E-state index in [0.29, 0.717) is 5.92 Å². The standard InChI is InChI=1S/C14H16/c1-3-6-12-10-14-8-5-4-7-13(14)9-11(12)2/h3-5,7-9,12H,1,6,10H2,2H3. The van der Waals surface area contributed by atoms with Crippen molar-refractivity contribution < 1.29 is 0 Å². The van der Waals surface area contributed by atoms with E-state index in [4.69, 9.17) is 0 Å². The van der Waals surface area contributed by atoms with Gasteiger partial charge in [0.1, 0.15) is 0 Å². The molecule has 1 aliphatic carbocycles. The predicted molar refractivity (Wildman–Crippen MR) is 62.1 cm³/mol. The maximum atomic E-state index is 3.82. The lowest BCUT2D eigenvalue weighted by Crippen LogP contribution is -2.10. The third-order valence-electron chi connectivity index (χ3n) is 3.00. The summed E-state index contributed by atoms with van der Waals surface area (Å²) in [5.41, 5.74) is 4.36. The summed E-state index contributed by atoms with van der Waals surface area (Å²) >= 11 is 0. The van der Waals surface area contributed by atoms with Gasteiger partial charge in [-0.3, -0.25) is 0 Å². The van der Waals surface area contributed by atoms with Gasteiger partial charge in [0, 0.05) is 0 Å². The molecule has 72 valence electrons. The minimum absolute atomic E-state index is 0.669. The zero-order chi connectivity index (χ0) is 9.97. The lowest BCUT2D eigenvalue weighted by atomic mass is 9.82. The van der Waals surface area contributed by atoms with E-state index in [1.165, 1.54) is 23.1 Å². The first-order valence-electron chi connectivity index (χ1n) is 5.18. The van der Waals surface area contributed by atoms with E-state index >= 15 is 0 Å². The normalized spacial score (nSPS) is 19.8. The Labute approximate surface area is 86.0 Å². The van der Waals surface area contributed by atoms with E-state index in [0.717, 1.165) is 6.42 Å². The van der Waals surface area contributed by atoms with Gasteiger partial charge in [-0.1, -0.05) is 42.0 Å². The predicted octanol–water partition coefficient (Wildman–Crippen LogP) is 3.84. The first-order valence-corrected chi connectivity index (χ1v) is 5.18. The number of hydrogen-bond acceptors (Lipinski definition) is 0. The molecule has 0 N–H and O–H groups in total. The van der Waals surface area contributed by atoms with Crippen LogP contribution in [0.1, 0.15) is 24.5 Å². The molecule has 0 nitrogen and oxygen atoms in total. The van der Waals surface area contributed by atoms with Gasteiger partial charge in [0.15, 0.2) is 0 Å². The summed E-state index contributed by atoms with van der Waals surface area (Å²) in [6.07, 6.45) is 6.60. The largest absolute Gasteiger partial charge is 0.103 e. The van der Waals surface area contributed by atoms with Crippen molar-refractivity contribution in [1.29, 1.82) is 0 Å². The van der Waals surface area contributed by atoms with Crippen LogP contribution in [0.25, 0.3) is 6.08 Å². The topological polar surface area (TPSA) is 0 Å². The lowest BCUT2D eigenvalue weighted by molar-refractivity contribution is 0.616. The molecule has 1 unspecified atom stereocenters. The Morgan fingerprint density at radius 1 is 1.43 bits per heavy atom. The summed E-state index contributed by atoms with van der Waals surface area (Å²) in [5.74, 6) is 0.669. The van der Waals surface area contributed by atoms with Gasteiger partial charge >= 0.3 is 0 Å². The van der Waals surface area contributed by atoms with Gasteiger partial charge in [0.05, 0.1) is 0 Å². The van der Waals surface area contributed by atoms with Crippen molar-refractivity contribution >= 4 is 6.08 Å². The molecule has 0 saturated carbocycles. The van der Waals surface area contributed by atoms with Crippen LogP contribution in [0, 0.1) is 5.92 Å². The van der Waals surface area contributed by atoms with Crippen LogP contribution in [0.15, 0.2) is 42.5 Å². The minimum atomic E-state index is 0.669. The molecule has 0 amide bonds. The fraction of sp³-hybridized carbons (Fsp3) is 0.286. The van der Waals surface area contributed by atoms with Crippen LogP contribution in [-0.2, 0) is 6.42 Å². The van der Waals surface area contributed by atoms with Crippen molar-refractivity contribution in [3.05, 3.63) is 53.6 Å². The summed E-state index contributed by atoms with van der Waals surface area (Å²) in [6.45, 7) is 6.04. The summed E-state index contributed by atoms with van der Waals surface area (Å²) in [6, 6.07) is 8.66. The van der Waals surface area contributed by atoms with Crippen LogP contribution in [0.3, 0.4) is 0 Å². The zero-order valence-corrected chi connectivity index (χ0v) is 8.66. The molecule has 1 aliphatic rings. The van der Waals surface area contributed by atoms with Crippen LogP contribution in [0.2, 0.25) is 0 Å². The van der Waals surface area contributed by atoms with E-state index < -0.39 is 0 Å². The molecule has 0 fully saturated rings. The second-order valence-electron chi connectivity index (χ2n) is 4.01. The first-order chi connectivity index (χ1) is 6.81. The average molecular weight is 184 g/mol. The Morgan fingerprint density at radius 2 is 2.21 bits per heavy atom. The summed E-state index contributed by atoms with van der Waals surface area (Å²) < 4.78 is 0. The van der Waals surface area contributed by atoms with Crippen LogP contribution < -0.4 is 0 Å². The highest BCUT2D eigenvalue weighted by Crippen LogP contribution is 2.30. The molecule has 0 aliphatic heterocycles. The van der Waals surface area contributed by atoms with Crippen LogP contribution in [0.4, 0.5) is 0 Å². The Morgan fingerprint density at radius 3 is 3.00 bits per heavy atom. The van der Waals surface area contributed by atoms with Crippen molar-refractivity contribution in [2.24, 2.45) is 5.92 Å². The van der Waals surface area contributed by atoms with E-state index in [2.05, 4.69) is 43.8 Å². The lowest BCUT2D eigenvalue weighted by Gasteiger charge is -2.22. The molecule has 1 aromatic rings. The molecule has 2 rings (SSSR count). The molecule has 0 spiro atoms. The monoisotopic (exact) mass is 184 g/mol. The molecule has 0 bridgehead atoms. The zero-order valence-electron chi connectivity index (χ0n) is 8.66. The summed E-state index contributed by atoms with van der Waals surface area (Å²) in [7, 11) is 0. The Bertz CT molecular complexity index is 371. The van der Waals surface area contributed by atoms with E-state index in [-0.39, 0.29) is 0 Å². The van der Waals surface area contributed by atoms with Gasteiger partial charge in [-0.05, 0) is 36.8 Å². The second kappa shape index (κ2) is 3.83. The molecule has 0 aromatic heterocycles. The van der Waals surface area contributed by atoms with Gasteiger partial charge in [0.2, 0.25) is 0 Å². The van der Waals surface area contributed by atoms with Crippen LogP contribution in [0.5, 0.6) is 0 Å². The minimum Gasteiger partial charge on any atom is -0.103 e. The van der Waals surface area contributed by atoms with Crippen molar-refractivity contribution in [3.63, 3.8) is 0 Å². The number of hydrogen-bond donors (Lipinski definition) is 0. The molecular formula is C14H16. The average Bonchev–Trinajstić information content (AvgIpc) is 2.19. The molecule has 1 aromatic carbocycles. The van der Waals surface area contributed by atoms with Gasteiger partial charge < -0.3 is 0 Å². The van der Waals surface area contributed by atoms with Gasteiger partial charge in [-0.2, -0.15) is 0 Å². The van der Waals surface area contributed by atoms with E-state index in [1.54, 1.807) is 0 Å². The second-order valence-corrected chi connectivity index (χ2v) is 4.01. The quantitative estimate of drug-likeness (QED) is 0.613. The number of allylic oxidation sites excluding steroid dienone is 2. The molecule has 0 saturated heterocycles. The molecule has 0 heterocycles. The summed E-state index contributed by atoms with van der Waals surface area (Å²) in [5, 5.41) is 0. The van der Waals surface area contributed by atoms with Crippen molar-refractivity contribution in [1.82, 2.24) is 0 Å². The number of fused-ring (bicyclic) bond motifs is 1. The Balaban J connectivity index is 2.33. The maximum Gasteiger partial charge on any atom is -0.0127 e. The molecule has 1 atom stereocenters. The third kappa shape index (κ3) is 1.65.